The van der Waals surface area contributed by atoms with E-state index >= 15 is 0 Å². The van der Waals surface area contributed by atoms with Crippen LogP contribution < -0.4 is 10.6 Å². The number of hydrogen-bond acceptors (Lipinski definition) is 3. The Kier molecular flexibility index (Phi) is 5.26. The van der Waals surface area contributed by atoms with Crippen molar-refractivity contribution < 1.29 is 14.0 Å². The molecular weight excluding hydrogens is 383 g/mol. The highest BCUT2D eigenvalue weighted by molar-refractivity contribution is 5.99. The lowest BCUT2D eigenvalue weighted by molar-refractivity contribution is -0.115. The fourth-order valence-electron chi connectivity index (χ4n) is 3.18. The fourth-order valence-corrected chi connectivity index (χ4v) is 3.18. The molecule has 3 aromatic carbocycles. The predicted octanol–water partition coefficient (Wildman–Crippen LogP) is 3.75. The first kappa shape index (κ1) is 19.3. The third-order valence-corrected chi connectivity index (χ3v) is 4.73. The lowest BCUT2D eigenvalue weighted by Gasteiger charge is -2.08. The van der Waals surface area contributed by atoms with Crippen LogP contribution in [0.5, 0.6) is 0 Å². The standard InChI is InChI=1S/C23H19FN4O2/c1-28-20-5-3-2-4-19(20)27-22(28)15-8-12-18(13-9-15)26-21(29)14-25-23(30)16-6-10-17(24)11-7-16/h2-13H,14H2,1H3,(H,25,30)(H,26,29). The number of benzene rings is 3. The lowest BCUT2D eigenvalue weighted by atomic mass is 10.2. The van der Waals surface area contributed by atoms with Crippen molar-refractivity contribution in [3.05, 3.63) is 84.2 Å². The van der Waals surface area contributed by atoms with E-state index in [4.69, 9.17) is 0 Å². The third kappa shape index (κ3) is 4.05. The van der Waals surface area contributed by atoms with Gasteiger partial charge in [-0.3, -0.25) is 9.59 Å². The van der Waals surface area contributed by atoms with Gasteiger partial charge in [0.2, 0.25) is 5.91 Å². The van der Waals surface area contributed by atoms with E-state index in [0.717, 1.165) is 22.4 Å². The minimum absolute atomic E-state index is 0.192. The van der Waals surface area contributed by atoms with E-state index in [-0.39, 0.29) is 18.0 Å². The van der Waals surface area contributed by atoms with Crippen LogP contribution >= 0.6 is 0 Å². The maximum atomic E-state index is 12.9. The Hall–Kier alpha value is -4.00. The predicted molar refractivity (Wildman–Crippen MR) is 114 cm³/mol. The van der Waals surface area contributed by atoms with Crippen molar-refractivity contribution in [1.82, 2.24) is 14.9 Å². The number of hydrogen-bond donors (Lipinski definition) is 2. The van der Waals surface area contributed by atoms with E-state index in [0.29, 0.717) is 5.69 Å². The first-order valence-electron chi connectivity index (χ1n) is 9.37. The molecule has 150 valence electrons. The molecule has 4 aromatic rings. The molecule has 0 bridgehead atoms. The number of para-hydroxylation sites is 2. The molecule has 4 rings (SSSR count). The molecule has 0 saturated heterocycles. The summed E-state index contributed by atoms with van der Waals surface area (Å²) >= 11 is 0. The molecule has 7 heteroatoms. The van der Waals surface area contributed by atoms with Crippen LogP contribution in [0.15, 0.2) is 72.8 Å². The van der Waals surface area contributed by atoms with Crippen LogP contribution in [0.4, 0.5) is 10.1 Å². The van der Waals surface area contributed by atoms with Gasteiger partial charge in [-0.25, -0.2) is 9.37 Å². The van der Waals surface area contributed by atoms with Gasteiger partial charge >= 0.3 is 0 Å². The van der Waals surface area contributed by atoms with Crippen molar-refractivity contribution in [2.45, 2.75) is 0 Å². The van der Waals surface area contributed by atoms with Crippen molar-refractivity contribution in [1.29, 1.82) is 0 Å². The third-order valence-electron chi connectivity index (χ3n) is 4.73. The minimum Gasteiger partial charge on any atom is -0.343 e. The summed E-state index contributed by atoms with van der Waals surface area (Å²) in [4.78, 5) is 28.8. The van der Waals surface area contributed by atoms with Gasteiger partial charge in [0.25, 0.3) is 5.91 Å². The number of aromatic nitrogens is 2. The summed E-state index contributed by atoms with van der Waals surface area (Å²) < 4.78 is 14.9. The molecule has 6 nitrogen and oxygen atoms in total. The molecule has 30 heavy (non-hydrogen) atoms. The zero-order chi connectivity index (χ0) is 21.1. The average molecular weight is 402 g/mol. The summed E-state index contributed by atoms with van der Waals surface area (Å²) in [5.41, 5.74) is 3.79. The van der Waals surface area contributed by atoms with Gasteiger partial charge in [-0.05, 0) is 60.7 Å². The molecule has 0 aliphatic heterocycles. The second kappa shape index (κ2) is 8.16. The van der Waals surface area contributed by atoms with E-state index in [1.165, 1.54) is 24.3 Å². The van der Waals surface area contributed by atoms with Gasteiger partial charge in [-0.1, -0.05) is 12.1 Å². The molecule has 1 aromatic heterocycles. The molecule has 0 saturated carbocycles. The van der Waals surface area contributed by atoms with Gasteiger partial charge in [0, 0.05) is 23.9 Å². The number of nitrogens with one attached hydrogen (secondary N) is 2. The van der Waals surface area contributed by atoms with Gasteiger partial charge in [0.05, 0.1) is 17.6 Å². The van der Waals surface area contributed by atoms with Crippen LogP contribution in [0.3, 0.4) is 0 Å². The van der Waals surface area contributed by atoms with Crippen LogP contribution in [0.25, 0.3) is 22.4 Å². The van der Waals surface area contributed by atoms with Gasteiger partial charge in [-0.2, -0.15) is 0 Å². The normalized spacial score (nSPS) is 10.7. The van der Waals surface area contributed by atoms with Crippen molar-refractivity contribution in [3.63, 3.8) is 0 Å². The Morgan fingerprint density at radius 2 is 1.67 bits per heavy atom. The van der Waals surface area contributed by atoms with Crippen LogP contribution in [0.2, 0.25) is 0 Å². The van der Waals surface area contributed by atoms with E-state index in [1.54, 1.807) is 12.1 Å². The first-order valence-corrected chi connectivity index (χ1v) is 9.37. The Morgan fingerprint density at radius 3 is 2.37 bits per heavy atom. The lowest BCUT2D eigenvalue weighted by Crippen LogP contribution is -2.32. The van der Waals surface area contributed by atoms with Crippen molar-refractivity contribution in [3.8, 4) is 11.4 Å². The zero-order valence-corrected chi connectivity index (χ0v) is 16.2. The molecule has 0 radical (unpaired) electrons. The van der Waals surface area contributed by atoms with E-state index in [9.17, 15) is 14.0 Å². The Morgan fingerprint density at radius 1 is 0.967 bits per heavy atom. The fraction of sp³-hybridized carbons (Fsp3) is 0.0870. The van der Waals surface area contributed by atoms with Crippen molar-refractivity contribution in [2.24, 2.45) is 7.05 Å². The number of anilines is 1. The number of fused-ring (bicyclic) bond motifs is 1. The highest BCUT2D eigenvalue weighted by Gasteiger charge is 2.11. The van der Waals surface area contributed by atoms with E-state index < -0.39 is 11.7 Å². The zero-order valence-electron chi connectivity index (χ0n) is 16.2. The van der Waals surface area contributed by atoms with E-state index in [2.05, 4.69) is 15.6 Å². The molecule has 1 heterocycles. The average Bonchev–Trinajstić information content (AvgIpc) is 3.10. The van der Waals surface area contributed by atoms with Gasteiger partial charge in [-0.15, -0.1) is 0 Å². The number of amides is 2. The number of nitrogens with zero attached hydrogens (tertiary/aromatic N) is 2. The van der Waals surface area contributed by atoms with Crippen molar-refractivity contribution in [2.75, 3.05) is 11.9 Å². The molecular formula is C23H19FN4O2. The van der Waals surface area contributed by atoms with E-state index in [1.807, 2.05) is 48.0 Å². The number of imidazole rings is 1. The molecule has 0 aliphatic carbocycles. The maximum Gasteiger partial charge on any atom is 0.251 e. The minimum atomic E-state index is -0.442. The Balaban J connectivity index is 1.38. The number of rotatable bonds is 5. The quantitative estimate of drug-likeness (QED) is 0.534. The van der Waals surface area contributed by atoms with Crippen LogP contribution in [0, 0.1) is 5.82 Å². The number of aryl methyl sites for hydroxylation is 1. The Bertz CT molecular complexity index is 1210. The summed E-state index contributed by atoms with van der Waals surface area (Å²) in [6, 6.07) is 20.4. The number of carbonyl (C=O) groups excluding carboxylic acids is 2. The van der Waals surface area contributed by atoms with Gasteiger partial charge in [0.15, 0.2) is 0 Å². The Labute approximate surface area is 172 Å². The van der Waals surface area contributed by atoms with Gasteiger partial charge < -0.3 is 15.2 Å². The molecule has 0 atom stereocenters. The molecule has 0 aliphatic rings. The van der Waals surface area contributed by atoms with Crippen molar-refractivity contribution >= 4 is 28.5 Å². The highest BCUT2D eigenvalue weighted by Crippen LogP contribution is 2.24. The van der Waals surface area contributed by atoms with Gasteiger partial charge in [0.1, 0.15) is 11.6 Å². The number of halogens is 1. The van der Waals surface area contributed by atoms with Crippen LogP contribution in [0.1, 0.15) is 10.4 Å². The monoisotopic (exact) mass is 402 g/mol. The topological polar surface area (TPSA) is 76.0 Å². The molecule has 0 spiro atoms. The largest absolute Gasteiger partial charge is 0.343 e. The molecule has 0 fully saturated rings. The number of carbonyl (C=O) groups is 2. The summed E-state index contributed by atoms with van der Waals surface area (Å²) in [5.74, 6) is -0.393. The van der Waals surface area contributed by atoms with Crippen LogP contribution in [-0.4, -0.2) is 27.9 Å². The summed E-state index contributed by atoms with van der Waals surface area (Å²) in [5, 5.41) is 5.25. The summed E-state index contributed by atoms with van der Waals surface area (Å²) in [6.07, 6.45) is 0. The van der Waals surface area contributed by atoms with Crippen LogP contribution in [-0.2, 0) is 11.8 Å². The second-order valence-corrected chi connectivity index (χ2v) is 6.80. The highest BCUT2D eigenvalue weighted by atomic mass is 19.1. The SMILES string of the molecule is Cn1c(-c2ccc(NC(=O)CNC(=O)c3ccc(F)cc3)cc2)nc2ccccc21. The summed E-state index contributed by atoms with van der Waals surface area (Å²) in [6.45, 7) is -0.192. The summed E-state index contributed by atoms with van der Waals surface area (Å²) in [7, 11) is 1.96. The molecule has 2 amide bonds. The first-order chi connectivity index (χ1) is 14.5. The second-order valence-electron chi connectivity index (χ2n) is 6.80. The molecule has 2 N–H and O–H groups in total. The maximum absolute atomic E-state index is 12.9. The molecule has 0 unspecified atom stereocenters. The smallest absolute Gasteiger partial charge is 0.251 e.